The first-order chi connectivity index (χ1) is 6.18. The average Bonchev–Trinajstić information content (AvgIpc) is 2.58. The van der Waals surface area contributed by atoms with Gasteiger partial charge < -0.3 is 0 Å². The van der Waals surface area contributed by atoms with Crippen LogP contribution in [0, 0.1) is 0 Å². The Kier molecular flexibility index (Phi) is 1.72. The zero-order chi connectivity index (χ0) is 9.42. The number of anilines is 1. The fraction of sp³-hybridized carbons (Fsp3) is 0.500. The van der Waals surface area contributed by atoms with E-state index in [1.54, 1.807) is 16.6 Å². The third kappa shape index (κ3) is 1.26. The van der Waals surface area contributed by atoms with E-state index in [9.17, 15) is 9.59 Å². The van der Waals surface area contributed by atoms with Crippen LogP contribution < -0.4 is 10.5 Å². The molecule has 0 aliphatic carbocycles. The molecule has 5 heteroatoms. The zero-order valence-corrected chi connectivity index (χ0v) is 7.41. The quantitative estimate of drug-likeness (QED) is 0.654. The van der Waals surface area contributed by atoms with Gasteiger partial charge in [0.1, 0.15) is 5.82 Å². The van der Waals surface area contributed by atoms with Gasteiger partial charge in [-0.05, 0) is 6.42 Å². The molecule has 2 rings (SSSR count). The fourth-order valence-electron chi connectivity index (χ4n) is 1.62. The minimum atomic E-state index is -0.169. The van der Waals surface area contributed by atoms with Crippen molar-refractivity contribution in [3.63, 3.8) is 0 Å². The number of amides is 1. The smallest absolute Gasteiger partial charge is 0.266 e. The van der Waals surface area contributed by atoms with Crippen LogP contribution in [0.25, 0.3) is 0 Å². The van der Waals surface area contributed by atoms with E-state index in [-0.39, 0.29) is 11.5 Å². The van der Waals surface area contributed by atoms with E-state index in [1.165, 1.54) is 6.07 Å². The maximum Gasteiger partial charge on any atom is 0.266 e. The van der Waals surface area contributed by atoms with Crippen molar-refractivity contribution >= 4 is 11.7 Å². The van der Waals surface area contributed by atoms with E-state index in [0.717, 1.165) is 6.42 Å². The summed E-state index contributed by atoms with van der Waals surface area (Å²) in [5.74, 6) is 0.752. The lowest BCUT2D eigenvalue weighted by Gasteiger charge is -2.14. The zero-order valence-electron chi connectivity index (χ0n) is 7.41. The SMILES string of the molecule is Cn1[nH]c(=O)cc1N1CCCC1=O. The molecule has 1 fully saturated rings. The number of nitrogens with one attached hydrogen (secondary N) is 1. The molecule has 1 aromatic rings. The first-order valence-corrected chi connectivity index (χ1v) is 4.25. The van der Waals surface area contributed by atoms with E-state index >= 15 is 0 Å². The van der Waals surface area contributed by atoms with Gasteiger partial charge in [0.25, 0.3) is 5.56 Å². The van der Waals surface area contributed by atoms with Crippen molar-refractivity contribution in [3.05, 3.63) is 16.4 Å². The molecule has 0 unspecified atom stereocenters. The summed E-state index contributed by atoms with van der Waals surface area (Å²) in [5.41, 5.74) is -0.169. The molecule has 0 saturated carbocycles. The van der Waals surface area contributed by atoms with Crippen LogP contribution >= 0.6 is 0 Å². The Morgan fingerprint density at radius 2 is 2.23 bits per heavy atom. The summed E-state index contributed by atoms with van der Waals surface area (Å²) in [4.78, 5) is 23.9. The van der Waals surface area contributed by atoms with Crippen molar-refractivity contribution in [1.29, 1.82) is 0 Å². The summed E-state index contributed by atoms with van der Waals surface area (Å²) in [5, 5.41) is 2.57. The number of rotatable bonds is 1. The molecular weight excluding hydrogens is 170 g/mol. The molecule has 1 saturated heterocycles. The molecule has 1 aliphatic rings. The minimum Gasteiger partial charge on any atom is -0.297 e. The molecule has 13 heavy (non-hydrogen) atoms. The second-order valence-corrected chi connectivity index (χ2v) is 3.19. The average molecular weight is 181 g/mol. The van der Waals surface area contributed by atoms with Crippen LogP contribution in [-0.4, -0.2) is 22.2 Å². The highest BCUT2D eigenvalue weighted by molar-refractivity contribution is 5.94. The second-order valence-electron chi connectivity index (χ2n) is 3.19. The lowest BCUT2D eigenvalue weighted by molar-refractivity contribution is -0.117. The van der Waals surface area contributed by atoms with E-state index < -0.39 is 0 Å². The van der Waals surface area contributed by atoms with Gasteiger partial charge in [0.2, 0.25) is 5.91 Å². The Morgan fingerprint density at radius 3 is 2.69 bits per heavy atom. The monoisotopic (exact) mass is 181 g/mol. The molecule has 0 radical (unpaired) electrons. The number of hydrogen-bond acceptors (Lipinski definition) is 2. The molecule has 0 atom stereocenters. The highest BCUT2D eigenvalue weighted by Gasteiger charge is 2.23. The van der Waals surface area contributed by atoms with Crippen LogP contribution in [0.2, 0.25) is 0 Å². The van der Waals surface area contributed by atoms with Crippen LogP contribution in [-0.2, 0) is 11.8 Å². The van der Waals surface area contributed by atoms with Crippen LogP contribution in [0.5, 0.6) is 0 Å². The lowest BCUT2D eigenvalue weighted by Crippen LogP contribution is -2.25. The van der Waals surface area contributed by atoms with Gasteiger partial charge >= 0.3 is 0 Å². The number of carbonyl (C=O) groups excluding carboxylic acids is 1. The Balaban J connectivity index is 2.39. The summed E-state index contributed by atoms with van der Waals surface area (Å²) in [7, 11) is 1.72. The molecule has 0 bridgehead atoms. The van der Waals surface area contributed by atoms with Gasteiger partial charge in [0, 0.05) is 26.1 Å². The maximum atomic E-state index is 11.3. The van der Waals surface area contributed by atoms with E-state index in [2.05, 4.69) is 5.10 Å². The van der Waals surface area contributed by atoms with E-state index in [4.69, 9.17) is 0 Å². The predicted octanol–water partition coefficient (Wildman–Crippen LogP) is -0.160. The number of aryl methyl sites for hydroxylation is 1. The third-order valence-corrected chi connectivity index (χ3v) is 2.23. The fourth-order valence-corrected chi connectivity index (χ4v) is 1.62. The van der Waals surface area contributed by atoms with Gasteiger partial charge in [-0.3, -0.25) is 24.3 Å². The molecule has 0 aromatic carbocycles. The molecule has 2 heterocycles. The van der Waals surface area contributed by atoms with Gasteiger partial charge in [-0.15, -0.1) is 0 Å². The summed E-state index contributed by atoms with van der Waals surface area (Å²) in [6.07, 6.45) is 1.46. The molecule has 70 valence electrons. The lowest BCUT2D eigenvalue weighted by atomic mass is 10.4. The van der Waals surface area contributed by atoms with Gasteiger partial charge in [-0.2, -0.15) is 0 Å². The number of aromatic amines is 1. The second kappa shape index (κ2) is 2.76. The van der Waals surface area contributed by atoms with Crippen molar-refractivity contribution in [2.24, 2.45) is 7.05 Å². The first kappa shape index (κ1) is 8.10. The van der Waals surface area contributed by atoms with Crippen LogP contribution in [0.1, 0.15) is 12.8 Å². The van der Waals surface area contributed by atoms with Gasteiger partial charge in [-0.25, -0.2) is 0 Å². The van der Waals surface area contributed by atoms with E-state index in [1.807, 2.05) is 0 Å². The van der Waals surface area contributed by atoms with Crippen molar-refractivity contribution < 1.29 is 4.79 Å². The normalized spacial score (nSPS) is 17.0. The number of aromatic nitrogens is 2. The van der Waals surface area contributed by atoms with Crippen LogP contribution in [0.15, 0.2) is 10.9 Å². The molecular formula is C8H11N3O2. The standard InChI is InChI=1S/C8H11N3O2/c1-10-7(5-6(12)9-10)11-4-2-3-8(11)13/h5H,2-4H2,1H3,(H,9,12). The third-order valence-electron chi connectivity index (χ3n) is 2.23. The number of hydrogen-bond donors (Lipinski definition) is 1. The molecule has 0 spiro atoms. The summed E-state index contributed by atoms with van der Waals surface area (Å²) in [6.45, 7) is 0.712. The molecule has 1 N–H and O–H groups in total. The highest BCUT2D eigenvalue weighted by Crippen LogP contribution is 2.18. The number of H-pyrrole nitrogens is 1. The van der Waals surface area contributed by atoms with Crippen LogP contribution in [0.4, 0.5) is 5.82 Å². The highest BCUT2D eigenvalue weighted by atomic mass is 16.2. The Morgan fingerprint density at radius 1 is 1.46 bits per heavy atom. The van der Waals surface area contributed by atoms with Crippen LogP contribution in [0.3, 0.4) is 0 Å². The first-order valence-electron chi connectivity index (χ1n) is 4.25. The van der Waals surface area contributed by atoms with Gasteiger partial charge in [0.15, 0.2) is 0 Å². The predicted molar refractivity (Wildman–Crippen MR) is 47.6 cm³/mol. The summed E-state index contributed by atoms with van der Waals surface area (Å²) < 4.78 is 1.57. The van der Waals surface area contributed by atoms with Crippen molar-refractivity contribution in [2.75, 3.05) is 11.4 Å². The minimum absolute atomic E-state index is 0.0922. The molecule has 1 aromatic heterocycles. The molecule has 1 aliphatic heterocycles. The van der Waals surface area contributed by atoms with E-state index in [0.29, 0.717) is 18.8 Å². The maximum absolute atomic E-state index is 11.3. The Hall–Kier alpha value is -1.52. The van der Waals surface area contributed by atoms with Crippen molar-refractivity contribution in [3.8, 4) is 0 Å². The van der Waals surface area contributed by atoms with Crippen molar-refractivity contribution in [2.45, 2.75) is 12.8 Å². The van der Waals surface area contributed by atoms with Gasteiger partial charge in [0.05, 0.1) is 0 Å². The Bertz CT molecular complexity index is 390. The Labute approximate surface area is 74.9 Å². The van der Waals surface area contributed by atoms with Crippen molar-refractivity contribution in [1.82, 2.24) is 9.78 Å². The largest absolute Gasteiger partial charge is 0.297 e. The molecule has 5 nitrogen and oxygen atoms in total. The molecule has 1 amide bonds. The van der Waals surface area contributed by atoms with Gasteiger partial charge in [-0.1, -0.05) is 0 Å². The summed E-state index contributed by atoms with van der Waals surface area (Å²) >= 11 is 0. The summed E-state index contributed by atoms with van der Waals surface area (Å²) in [6, 6.07) is 1.45. The topological polar surface area (TPSA) is 58.1 Å². The number of carbonyl (C=O) groups is 1. The number of nitrogens with zero attached hydrogens (tertiary/aromatic N) is 2.